The molecular weight excluding hydrogens is 136 g/mol. The van der Waals surface area contributed by atoms with Gasteiger partial charge in [0.2, 0.25) is 0 Å². The Morgan fingerprint density at radius 3 is 1.60 bits per heavy atom. The molecule has 0 aromatic heterocycles. The average molecular weight is 144 g/mol. The van der Waals surface area contributed by atoms with Crippen LogP contribution in [-0.4, -0.2) is 25.8 Å². The van der Waals surface area contributed by atoms with E-state index < -0.39 is 0 Å². The van der Waals surface area contributed by atoms with Gasteiger partial charge in [0, 0.05) is 0 Å². The normalized spacial score (nSPS) is 17.6. The zero-order valence-electron chi connectivity index (χ0n) is 5.46. The number of epoxide rings is 1. The Bertz CT molecular complexity index is 107. The third-order valence-corrected chi connectivity index (χ3v) is 0.773. The van der Waals surface area contributed by atoms with Gasteiger partial charge in [0.1, 0.15) is 6.61 Å². The fraction of sp³-hybridized carbons (Fsp3) is 0.667. The first-order valence-electron chi connectivity index (χ1n) is 2.83. The van der Waals surface area contributed by atoms with Crippen LogP contribution in [0.15, 0.2) is 0 Å². The summed E-state index contributed by atoms with van der Waals surface area (Å²) in [5.74, 6) is -0.0648. The Hall–Kier alpha value is -0.830. The van der Waals surface area contributed by atoms with Crippen molar-refractivity contribution in [1.29, 1.82) is 0 Å². The molecule has 0 radical (unpaired) electrons. The Labute approximate surface area is 58.8 Å². The molecule has 4 nitrogen and oxygen atoms in total. The molecule has 10 heavy (non-hydrogen) atoms. The summed E-state index contributed by atoms with van der Waals surface area (Å²) in [6.07, 6.45) is 0.625. The first kappa shape index (κ1) is 9.17. The number of ether oxygens (including phenoxy) is 2. The van der Waals surface area contributed by atoms with Crippen LogP contribution in [0.5, 0.6) is 0 Å². The van der Waals surface area contributed by atoms with Gasteiger partial charge < -0.3 is 9.47 Å². The molecule has 0 N–H and O–H groups in total. The van der Waals surface area contributed by atoms with Gasteiger partial charge in [-0.25, -0.2) is 0 Å². The Kier molecular flexibility index (Phi) is 5.77. The number of cyclic esters (lactones) is 1. The molecule has 0 amide bonds. The number of carbonyl (C=O) groups is 1. The number of hydrogen-bond donors (Lipinski definition) is 0. The molecule has 2 aliphatic heterocycles. The molecule has 0 bridgehead atoms. The van der Waals surface area contributed by atoms with E-state index in [0.717, 1.165) is 13.2 Å². The van der Waals surface area contributed by atoms with E-state index in [2.05, 4.69) is 16.1 Å². The van der Waals surface area contributed by atoms with Gasteiger partial charge in [-0.05, 0) is 0 Å². The summed E-state index contributed by atoms with van der Waals surface area (Å²) in [6, 6.07) is 0. The van der Waals surface area contributed by atoms with E-state index in [-0.39, 0.29) is 5.97 Å². The third-order valence-electron chi connectivity index (χ3n) is 0.773. The maximum atomic E-state index is 9.68. The average Bonchev–Trinajstić information content (AvgIpc) is 2.73. The van der Waals surface area contributed by atoms with E-state index in [4.69, 9.17) is 4.65 Å². The zero-order chi connectivity index (χ0) is 7.82. The van der Waals surface area contributed by atoms with Crippen molar-refractivity contribution in [3.05, 3.63) is 6.65 Å². The number of carbonyl (C=O) groups excluding carboxylic acids is 1. The molecule has 0 unspecified atom stereocenters. The van der Waals surface area contributed by atoms with Gasteiger partial charge in [-0.15, -0.1) is 0 Å². The van der Waals surface area contributed by atoms with Crippen LogP contribution in [0, 0.1) is 6.65 Å². The molecule has 2 aliphatic rings. The van der Waals surface area contributed by atoms with Crippen molar-refractivity contribution in [2.45, 2.75) is 6.42 Å². The first-order chi connectivity index (χ1) is 4.89. The molecule has 2 heterocycles. The second kappa shape index (κ2) is 6.29. The molecule has 2 fully saturated rings. The van der Waals surface area contributed by atoms with E-state index in [1.54, 1.807) is 0 Å². The Morgan fingerprint density at radius 2 is 1.60 bits per heavy atom. The molecule has 4 heteroatoms. The van der Waals surface area contributed by atoms with E-state index in [1.807, 2.05) is 0 Å². The van der Waals surface area contributed by atoms with Crippen LogP contribution >= 0.6 is 0 Å². The second-order valence-corrected chi connectivity index (χ2v) is 1.58. The molecule has 0 aromatic carbocycles. The van der Waals surface area contributed by atoms with Gasteiger partial charge in [0.15, 0.2) is 0 Å². The molecular formula is C6H8O4. The van der Waals surface area contributed by atoms with Gasteiger partial charge in [0.25, 0.3) is 0 Å². The van der Waals surface area contributed by atoms with Crippen LogP contribution in [-0.2, 0) is 18.9 Å². The topological polar surface area (TPSA) is 58.7 Å². The maximum absolute atomic E-state index is 9.68. The van der Waals surface area contributed by atoms with Crippen LogP contribution in [0.2, 0.25) is 0 Å². The summed E-state index contributed by atoms with van der Waals surface area (Å²) in [5.41, 5.74) is 0. The van der Waals surface area contributed by atoms with Crippen LogP contribution in [0.25, 0.3) is 0 Å². The van der Waals surface area contributed by atoms with Crippen LogP contribution in [0.3, 0.4) is 0 Å². The Balaban J connectivity index is 0.000000140. The first-order valence-corrected chi connectivity index (χ1v) is 2.83. The van der Waals surface area contributed by atoms with Gasteiger partial charge in [-0.1, -0.05) is 0 Å². The van der Waals surface area contributed by atoms with Crippen molar-refractivity contribution in [3.63, 3.8) is 0 Å². The van der Waals surface area contributed by atoms with Gasteiger partial charge in [-0.3, -0.25) is 4.79 Å². The van der Waals surface area contributed by atoms with Crippen molar-refractivity contribution >= 4 is 5.97 Å². The summed E-state index contributed by atoms with van der Waals surface area (Å²) in [5, 5.41) is 0. The van der Waals surface area contributed by atoms with Crippen molar-refractivity contribution in [3.8, 4) is 0 Å². The van der Waals surface area contributed by atoms with Crippen molar-refractivity contribution in [1.82, 2.24) is 0 Å². The van der Waals surface area contributed by atoms with Gasteiger partial charge in [0.05, 0.1) is 19.6 Å². The SMILES string of the molecule is C1CO1.O=C1CCO1.[C-]#[O+]. The molecule has 0 aromatic rings. The molecule has 0 saturated carbocycles. The number of rotatable bonds is 0. The number of esters is 1. The second-order valence-electron chi connectivity index (χ2n) is 1.58. The minimum atomic E-state index is -0.0648. The van der Waals surface area contributed by atoms with E-state index in [0.29, 0.717) is 13.0 Å². The predicted molar refractivity (Wildman–Crippen MR) is 30.3 cm³/mol. The summed E-state index contributed by atoms with van der Waals surface area (Å²) >= 11 is 0. The van der Waals surface area contributed by atoms with E-state index in [9.17, 15) is 4.79 Å². The fourth-order valence-electron chi connectivity index (χ4n) is 0.185. The van der Waals surface area contributed by atoms with Gasteiger partial charge in [-0.2, -0.15) is 0 Å². The van der Waals surface area contributed by atoms with Gasteiger partial charge >= 0.3 is 17.3 Å². The van der Waals surface area contributed by atoms with E-state index >= 15 is 0 Å². The summed E-state index contributed by atoms with van der Waals surface area (Å²) in [4.78, 5) is 9.68. The molecule has 0 spiro atoms. The minimum absolute atomic E-state index is 0.0648. The molecule has 2 saturated heterocycles. The van der Waals surface area contributed by atoms with E-state index in [1.165, 1.54) is 0 Å². The zero-order valence-corrected chi connectivity index (χ0v) is 5.46. The number of hydrogen-bond acceptors (Lipinski definition) is 3. The van der Waals surface area contributed by atoms with Crippen molar-refractivity contribution in [2.24, 2.45) is 0 Å². The molecule has 2 rings (SSSR count). The molecule has 0 aliphatic carbocycles. The van der Waals surface area contributed by atoms with Crippen molar-refractivity contribution < 1.29 is 18.9 Å². The predicted octanol–water partition coefficient (Wildman–Crippen LogP) is -0.0876. The summed E-state index contributed by atoms with van der Waals surface area (Å²) in [7, 11) is 0. The monoisotopic (exact) mass is 144 g/mol. The molecule has 56 valence electrons. The van der Waals surface area contributed by atoms with Crippen LogP contribution in [0.4, 0.5) is 0 Å². The van der Waals surface area contributed by atoms with Crippen molar-refractivity contribution in [2.75, 3.05) is 19.8 Å². The quantitative estimate of drug-likeness (QED) is 0.206. The molecule has 0 atom stereocenters. The van der Waals surface area contributed by atoms with Crippen LogP contribution in [0.1, 0.15) is 6.42 Å². The standard InChI is InChI=1S/C3H4O2.C2H4O.CO/c4-3-1-2-5-3;1-2-3-1;1-2/h1-2H2;1-2H2;. The summed E-state index contributed by atoms with van der Waals surface area (Å²) in [6.45, 7) is 7.14. The Morgan fingerprint density at radius 1 is 1.30 bits per heavy atom. The van der Waals surface area contributed by atoms with Crippen LogP contribution < -0.4 is 0 Å². The summed E-state index contributed by atoms with van der Waals surface area (Å²) < 4.78 is 16.3. The third kappa shape index (κ3) is 7.17. The fourth-order valence-corrected chi connectivity index (χ4v) is 0.185.